The first-order valence-corrected chi connectivity index (χ1v) is 6.53. The van der Waals surface area contributed by atoms with Gasteiger partial charge in [-0.15, -0.1) is 0 Å². The van der Waals surface area contributed by atoms with E-state index in [2.05, 4.69) is 5.32 Å². The molecule has 0 aliphatic rings. The van der Waals surface area contributed by atoms with E-state index in [1.54, 1.807) is 0 Å². The number of nitrogens with two attached hydrogens (primary N) is 1. The Morgan fingerprint density at radius 1 is 1.32 bits per heavy atom. The maximum Gasteiger partial charge on any atom is 0.407 e. The van der Waals surface area contributed by atoms with Gasteiger partial charge in [0.25, 0.3) is 0 Å². The second-order valence-corrected chi connectivity index (χ2v) is 4.43. The van der Waals surface area contributed by atoms with E-state index in [4.69, 9.17) is 15.6 Å². The van der Waals surface area contributed by atoms with Crippen molar-refractivity contribution in [2.45, 2.75) is 31.9 Å². The summed E-state index contributed by atoms with van der Waals surface area (Å²) in [7, 11) is 0. The SMILES string of the molecule is NC(CO)CCCCNC(=O)OCc1ccccc1. The van der Waals surface area contributed by atoms with Crippen molar-refractivity contribution in [1.29, 1.82) is 0 Å². The smallest absolute Gasteiger partial charge is 0.407 e. The molecule has 0 bridgehead atoms. The Labute approximate surface area is 113 Å². The second kappa shape index (κ2) is 9.35. The van der Waals surface area contributed by atoms with Gasteiger partial charge in [0.2, 0.25) is 0 Å². The fraction of sp³-hybridized carbons (Fsp3) is 0.500. The van der Waals surface area contributed by atoms with Gasteiger partial charge in [-0.2, -0.15) is 0 Å². The minimum Gasteiger partial charge on any atom is -0.445 e. The molecule has 0 aliphatic carbocycles. The summed E-state index contributed by atoms with van der Waals surface area (Å²) in [6, 6.07) is 9.38. The van der Waals surface area contributed by atoms with Gasteiger partial charge in [-0.05, 0) is 18.4 Å². The highest BCUT2D eigenvalue weighted by atomic mass is 16.5. The largest absolute Gasteiger partial charge is 0.445 e. The number of carbonyl (C=O) groups is 1. The van der Waals surface area contributed by atoms with Gasteiger partial charge in [-0.3, -0.25) is 0 Å². The fourth-order valence-electron chi connectivity index (χ4n) is 1.59. The minimum absolute atomic E-state index is 0.00649. The number of hydrogen-bond acceptors (Lipinski definition) is 4. The number of alkyl carbamates (subject to hydrolysis) is 1. The number of rotatable bonds is 8. The average Bonchev–Trinajstić information content (AvgIpc) is 2.45. The zero-order valence-corrected chi connectivity index (χ0v) is 11.0. The number of unbranched alkanes of at least 4 members (excludes halogenated alkanes) is 1. The third-order valence-electron chi connectivity index (χ3n) is 2.72. The zero-order chi connectivity index (χ0) is 13.9. The maximum absolute atomic E-state index is 11.4. The molecule has 0 heterocycles. The van der Waals surface area contributed by atoms with Crippen LogP contribution in [0.15, 0.2) is 30.3 Å². The van der Waals surface area contributed by atoms with E-state index >= 15 is 0 Å². The summed E-state index contributed by atoms with van der Waals surface area (Å²) in [6.45, 7) is 0.848. The van der Waals surface area contributed by atoms with Gasteiger partial charge in [-0.1, -0.05) is 36.8 Å². The quantitative estimate of drug-likeness (QED) is 0.621. The molecule has 0 saturated carbocycles. The molecule has 19 heavy (non-hydrogen) atoms. The van der Waals surface area contributed by atoms with Crippen LogP contribution in [-0.4, -0.2) is 30.4 Å². The van der Waals surface area contributed by atoms with Crippen molar-refractivity contribution in [3.8, 4) is 0 Å². The molecule has 0 aliphatic heterocycles. The molecular formula is C14H22N2O3. The predicted octanol–water partition coefficient (Wildman–Crippen LogP) is 1.40. The number of carbonyl (C=O) groups excluding carboxylic acids is 1. The number of aliphatic hydroxyl groups excluding tert-OH is 1. The van der Waals surface area contributed by atoms with Crippen LogP contribution in [-0.2, 0) is 11.3 Å². The fourth-order valence-corrected chi connectivity index (χ4v) is 1.59. The Balaban J connectivity index is 2.02. The molecule has 5 heteroatoms. The number of hydrogen-bond donors (Lipinski definition) is 3. The Bertz CT molecular complexity index is 357. The standard InChI is InChI=1S/C14H22N2O3/c15-13(10-17)8-4-5-9-16-14(18)19-11-12-6-2-1-3-7-12/h1-3,6-7,13,17H,4-5,8-11,15H2,(H,16,18). The molecule has 0 saturated heterocycles. The minimum atomic E-state index is -0.407. The highest BCUT2D eigenvalue weighted by molar-refractivity contribution is 5.67. The highest BCUT2D eigenvalue weighted by Gasteiger charge is 2.03. The molecule has 1 amide bonds. The summed E-state index contributed by atoms with van der Waals surface area (Å²) in [5, 5.41) is 11.4. The monoisotopic (exact) mass is 266 g/mol. The van der Waals surface area contributed by atoms with Crippen molar-refractivity contribution in [2.24, 2.45) is 5.73 Å². The molecular weight excluding hydrogens is 244 g/mol. The predicted molar refractivity (Wildman–Crippen MR) is 73.5 cm³/mol. The van der Waals surface area contributed by atoms with E-state index in [9.17, 15) is 4.79 Å². The summed E-state index contributed by atoms with van der Waals surface area (Å²) in [5.41, 5.74) is 6.53. The lowest BCUT2D eigenvalue weighted by Crippen LogP contribution is -2.27. The van der Waals surface area contributed by atoms with Gasteiger partial charge in [0, 0.05) is 12.6 Å². The van der Waals surface area contributed by atoms with Crippen molar-refractivity contribution in [1.82, 2.24) is 5.32 Å². The average molecular weight is 266 g/mol. The van der Waals surface area contributed by atoms with Gasteiger partial charge in [0.1, 0.15) is 6.61 Å². The number of benzene rings is 1. The third-order valence-corrected chi connectivity index (χ3v) is 2.72. The van der Waals surface area contributed by atoms with Crippen LogP contribution < -0.4 is 11.1 Å². The van der Waals surface area contributed by atoms with E-state index in [1.165, 1.54) is 0 Å². The third kappa shape index (κ3) is 7.43. The van der Waals surface area contributed by atoms with E-state index < -0.39 is 6.09 Å². The van der Waals surface area contributed by atoms with E-state index in [-0.39, 0.29) is 19.3 Å². The molecule has 4 N–H and O–H groups in total. The highest BCUT2D eigenvalue weighted by Crippen LogP contribution is 2.01. The molecule has 0 radical (unpaired) electrons. The molecule has 106 valence electrons. The first-order valence-electron chi connectivity index (χ1n) is 6.53. The van der Waals surface area contributed by atoms with Crippen molar-refractivity contribution in [3.63, 3.8) is 0 Å². The van der Waals surface area contributed by atoms with Gasteiger partial charge in [-0.25, -0.2) is 4.79 Å². The lowest BCUT2D eigenvalue weighted by atomic mass is 10.1. The van der Waals surface area contributed by atoms with Crippen LogP contribution in [0.4, 0.5) is 4.79 Å². The Kier molecular flexibility index (Phi) is 7.62. The van der Waals surface area contributed by atoms with Crippen LogP contribution in [0.3, 0.4) is 0 Å². The molecule has 1 atom stereocenters. The molecule has 1 unspecified atom stereocenters. The number of aliphatic hydroxyl groups is 1. The van der Waals surface area contributed by atoms with Gasteiger partial charge >= 0.3 is 6.09 Å². The number of ether oxygens (including phenoxy) is 1. The molecule has 1 aromatic carbocycles. The molecule has 1 aromatic rings. The first-order chi connectivity index (χ1) is 9.22. The summed E-state index contributed by atoms with van der Waals surface area (Å²) in [6.07, 6.45) is 2.06. The first kappa shape index (κ1) is 15.5. The summed E-state index contributed by atoms with van der Waals surface area (Å²) < 4.78 is 5.06. The van der Waals surface area contributed by atoms with E-state index in [0.717, 1.165) is 24.8 Å². The molecule has 1 rings (SSSR count). The van der Waals surface area contributed by atoms with E-state index in [1.807, 2.05) is 30.3 Å². The van der Waals surface area contributed by atoms with Crippen molar-refractivity contribution in [3.05, 3.63) is 35.9 Å². The second-order valence-electron chi connectivity index (χ2n) is 4.43. The van der Waals surface area contributed by atoms with Crippen molar-refractivity contribution >= 4 is 6.09 Å². The lowest BCUT2D eigenvalue weighted by molar-refractivity contribution is 0.139. The summed E-state index contributed by atoms with van der Waals surface area (Å²) in [5.74, 6) is 0. The topological polar surface area (TPSA) is 84.6 Å². The van der Waals surface area contributed by atoms with Crippen molar-refractivity contribution < 1.29 is 14.6 Å². The van der Waals surface area contributed by atoms with Crippen LogP contribution in [0, 0.1) is 0 Å². The van der Waals surface area contributed by atoms with Crippen LogP contribution >= 0.6 is 0 Å². The normalized spacial score (nSPS) is 11.9. The van der Waals surface area contributed by atoms with Crippen LogP contribution in [0.25, 0.3) is 0 Å². The van der Waals surface area contributed by atoms with Gasteiger partial charge < -0.3 is 20.9 Å². The maximum atomic E-state index is 11.4. The van der Waals surface area contributed by atoms with Crippen LogP contribution in [0.5, 0.6) is 0 Å². The van der Waals surface area contributed by atoms with Gasteiger partial charge in [0.05, 0.1) is 6.61 Å². The molecule has 5 nitrogen and oxygen atoms in total. The van der Waals surface area contributed by atoms with Crippen molar-refractivity contribution in [2.75, 3.05) is 13.2 Å². The van der Waals surface area contributed by atoms with E-state index in [0.29, 0.717) is 6.54 Å². The summed E-state index contributed by atoms with van der Waals surface area (Å²) >= 11 is 0. The van der Waals surface area contributed by atoms with Crippen LogP contribution in [0.1, 0.15) is 24.8 Å². The molecule has 0 fully saturated rings. The Morgan fingerprint density at radius 3 is 2.74 bits per heavy atom. The Hall–Kier alpha value is -1.59. The zero-order valence-electron chi connectivity index (χ0n) is 11.0. The summed E-state index contributed by atoms with van der Waals surface area (Å²) in [4.78, 5) is 11.4. The number of nitrogens with one attached hydrogen (secondary N) is 1. The van der Waals surface area contributed by atoms with Gasteiger partial charge in [0.15, 0.2) is 0 Å². The van der Waals surface area contributed by atoms with Crippen LogP contribution in [0.2, 0.25) is 0 Å². The number of amides is 1. The Morgan fingerprint density at radius 2 is 2.05 bits per heavy atom. The lowest BCUT2D eigenvalue weighted by Gasteiger charge is -2.09. The molecule has 0 spiro atoms. The molecule has 0 aromatic heterocycles.